The molecule has 0 spiro atoms. The highest BCUT2D eigenvalue weighted by Crippen LogP contribution is 2.33. The minimum atomic E-state index is 0.582. The number of fused-ring (bicyclic) bond motifs is 1. The summed E-state index contributed by atoms with van der Waals surface area (Å²) in [6.45, 7) is 3.46. The van der Waals surface area contributed by atoms with E-state index in [2.05, 4.69) is 76.5 Å². The summed E-state index contributed by atoms with van der Waals surface area (Å²) in [7, 11) is 4.37. The fourth-order valence-electron chi connectivity index (χ4n) is 4.05. The second-order valence-corrected chi connectivity index (χ2v) is 8.61. The summed E-state index contributed by atoms with van der Waals surface area (Å²) in [6, 6.07) is 6.97. The van der Waals surface area contributed by atoms with Gasteiger partial charge in [-0.15, -0.1) is 0 Å². The molecule has 0 aliphatic heterocycles. The molecule has 1 aromatic carbocycles. The molecule has 3 nitrogen and oxygen atoms in total. The lowest BCUT2D eigenvalue weighted by molar-refractivity contribution is 0.255. The van der Waals surface area contributed by atoms with E-state index in [0.717, 1.165) is 28.7 Å². The standard InChI is InChI=1S/C21H30BrN3/c1-4-5-16-13-23-20-11-8-17(22)12-19(20)21(16)24-18-9-6-15(7-10-18)14-25(2)3/h8,11-13,15,18H,4-7,9-10,14H2,1-3H3,(H,23,24). The van der Waals surface area contributed by atoms with E-state index in [9.17, 15) is 0 Å². The molecular formula is C21H30BrN3. The van der Waals surface area contributed by atoms with Crippen molar-refractivity contribution in [1.82, 2.24) is 9.88 Å². The molecule has 0 amide bonds. The quantitative estimate of drug-likeness (QED) is 0.691. The number of benzene rings is 1. The van der Waals surface area contributed by atoms with Crippen LogP contribution in [0, 0.1) is 5.92 Å². The molecule has 0 radical (unpaired) electrons. The van der Waals surface area contributed by atoms with Crippen LogP contribution in [0.1, 0.15) is 44.6 Å². The minimum Gasteiger partial charge on any atom is -0.381 e. The van der Waals surface area contributed by atoms with E-state index in [1.165, 1.54) is 48.9 Å². The molecule has 0 atom stereocenters. The van der Waals surface area contributed by atoms with Crippen LogP contribution in [0.5, 0.6) is 0 Å². The van der Waals surface area contributed by atoms with Crippen molar-refractivity contribution in [2.75, 3.05) is 26.0 Å². The van der Waals surface area contributed by atoms with Crippen molar-refractivity contribution in [3.05, 3.63) is 34.4 Å². The molecule has 3 rings (SSSR count). The van der Waals surface area contributed by atoms with Gasteiger partial charge in [0.2, 0.25) is 0 Å². The normalized spacial score (nSPS) is 21.0. The molecule has 1 N–H and O–H groups in total. The number of anilines is 1. The predicted octanol–water partition coefficient (Wildman–Crippen LogP) is 5.48. The van der Waals surface area contributed by atoms with Gasteiger partial charge < -0.3 is 10.2 Å². The number of pyridine rings is 1. The number of rotatable bonds is 6. The number of aryl methyl sites for hydroxylation is 1. The van der Waals surface area contributed by atoms with Crippen LogP contribution in [0.15, 0.2) is 28.9 Å². The first-order valence-electron chi connectivity index (χ1n) is 9.55. The highest BCUT2D eigenvalue weighted by molar-refractivity contribution is 9.10. The van der Waals surface area contributed by atoms with Crippen LogP contribution in [0.25, 0.3) is 10.9 Å². The summed E-state index contributed by atoms with van der Waals surface area (Å²) < 4.78 is 1.12. The lowest BCUT2D eigenvalue weighted by Crippen LogP contribution is -2.31. The number of hydrogen-bond acceptors (Lipinski definition) is 3. The van der Waals surface area contributed by atoms with Gasteiger partial charge in [0.1, 0.15) is 0 Å². The molecule has 0 saturated heterocycles. The molecule has 2 aromatic rings. The van der Waals surface area contributed by atoms with Crippen LogP contribution in [-0.2, 0) is 6.42 Å². The maximum absolute atomic E-state index is 4.67. The van der Waals surface area contributed by atoms with Crippen molar-refractivity contribution in [2.24, 2.45) is 5.92 Å². The van der Waals surface area contributed by atoms with Crippen molar-refractivity contribution in [1.29, 1.82) is 0 Å². The van der Waals surface area contributed by atoms with E-state index in [1.54, 1.807) is 0 Å². The van der Waals surface area contributed by atoms with Crippen molar-refractivity contribution < 1.29 is 0 Å². The first-order chi connectivity index (χ1) is 12.1. The highest BCUT2D eigenvalue weighted by Gasteiger charge is 2.22. The first kappa shape index (κ1) is 18.7. The SMILES string of the molecule is CCCc1cnc2ccc(Br)cc2c1NC1CCC(CN(C)C)CC1. The smallest absolute Gasteiger partial charge is 0.0723 e. The Hall–Kier alpha value is -1.13. The molecule has 1 heterocycles. The van der Waals surface area contributed by atoms with Gasteiger partial charge >= 0.3 is 0 Å². The average Bonchev–Trinajstić information content (AvgIpc) is 2.58. The third kappa shape index (κ3) is 4.73. The lowest BCUT2D eigenvalue weighted by Gasteiger charge is -2.32. The Labute approximate surface area is 160 Å². The molecule has 1 fully saturated rings. The van der Waals surface area contributed by atoms with Gasteiger partial charge in [0, 0.05) is 34.3 Å². The Morgan fingerprint density at radius 1 is 1.20 bits per heavy atom. The van der Waals surface area contributed by atoms with Gasteiger partial charge in [-0.05, 0) is 75.9 Å². The summed E-state index contributed by atoms with van der Waals surface area (Å²) in [5.74, 6) is 0.853. The fourth-order valence-corrected chi connectivity index (χ4v) is 4.41. The van der Waals surface area contributed by atoms with Crippen LogP contribution in [0.3, 0.4) is 0 Å². The van der Waals surface area contributed by atoms with Crippen molar-refractivity contribution in [3.63, 3.8) is 0 Å². The van der Waals surface area contributed by atoms with Crippen LogP contribution >= 0.6 is 15.9 Å². The Bertz CT molecular complexity index is 706. The Morgan fingerprint density at radius 3 is 2.64 bits per heavy atom. The number of aromatic nitrogens is 1. The average molecular weight is 404 g/mol. The Balaban J connectivity index is 1.80. The van der Waals surface area contributed by atoms with Crippen molar-refractivity contribution >= 4 is 32.5 Å². The molecule has 25 heavy (non-hydrogen) atoms. The predicted molar refractivity (Wildman–Crippen MR) is 111 cm³/mol. The molecule has 1 aliphatic rings. The summed E-state index contributed by atoms with van der Waals surface area (Å²) in [5, 5.41) is 5.15. The van der Waals surface area contributed by atoms with Gasteiger partial charge in [0.25, 0.3) is 0 Å². The van der Waals surface area contributed by atoms with E-state index in [-0.39, 0.29) is 0 Å². The molecule has 136 valence electrons. The Morgan fingerprint density at radius 2 is 1.96 bits per heavy atom. The van der Waals surface area contributed by atoms with E-state index in [4.69, 9.17) is 0 Å². The maximum atomic E-state index is 4.67. The molecular weight excluding hydrogens is 374 g/mol. The number of nitrogens with one attached hydrogen (secondary N) is 1. The van der Waals surface area contributed by atoms with Gasteiger partial charge in [-0.2, -0.15) is 0 Å². The van der Waals surface area contributed by atoms with Crippen LogP contribution in [0.4, 0.5) is 5.69 Å². The van der Waals surface area contributed by atoms with Gasteiger partial charge in [0.15, 0.2) is 0 Å². The van der Waals surface area contributed by atoms with Gasteiger partial charge in [0.05, 0.1) is 5.52 Å². The van der Waals surface area contributed by atoms with E-state index in [1.807, 2.05) is 0 Å². The topological polar surface area (TPSA) is 28.2 Å². The van der Waals surface area contributed by atoms with Crippen molar-refractivity contribution in [3.8, 4) is 0 Å². The van der Waals surface area contributed by atoms with Gasteiger partial charge in [-0.3, -0.25) is 4.98 Å². The second-order valence-electron chi connectivity index (χ2n) is 7.69. The zero-order valence-corrected chi connectivity index (χ0v) is 17.3. The summed E-state index contributed by atoms with van der Waals surface area (Å²) in [5.41, 5.74) is 3.74. The summed E-state index contributed by atoms with van der Waals surface area (Å²) in [4.78, 5) is 7.00. The van der Waals surface area contributed by atoms with Crippen molar-refractivity contribution in [2.45, 2.75) is 51.5 Å². The molecule has 0 unspecified atom stereocenters. The van der Waals surface area contributed by atoms with Crippen LogP contribution in [0.2, 0.25) is 0 Å². The van der Waals surface area contributed by atoms with Gasteiger partial charge in [-0.1, -0.05) is 29.3 Å². The van der Waals surface area contributed by atoms with E-state index in [0.29, 0.717) is 6.04 Å². The maximum Gasteiger partial charge on any atom is 0.0723 e. The fraction of sp³-hybridized carbons (Fsp3) is 0.571. The summed E-state index contributed by atoms with van der Waals surface area (Å²) in [6.07, 6.45) is 9.47. The monoisotopic (exact) mass is 403 g/mol. The lowest BCUT2D eigenvalue weighted by atomic mass is 9.85. The third-order valence-corrected chi connectivity index (χ3v) is 5.74. The molecule has 0 bridgehead atoms. The number of nitrogens with zero attached hydrogens (tertiary/aromatic N) is 2. The second kappa shape index (κ2) is 8.50. The summed E-state index contributed by atoms with van der Waals surface area (Å²) >= 11 is 3.63. The van der Waals surface area contributed by atoms with E-state index < -0.39 is 0 Å². The van der Waals surface area contributed by atoms with Crippen LogP contribution in [-0.4, -0.2) is 36.6 Å². The highest BCUT2D eigenvalue weighted by atomic mass is 79.9. The first-order valence-corrected chi connectivity index (χ1v) is 10.3. The molecule has 4 heteroatoms. The Kier molecular flexibility index (Phi) is 6.34. The molecule has 1 aromatic heterocycles. The zero-order valence-electron chi connectivity index (χ0n) is 15.7. The largest absolute Gasteiger partial charge is 0.381 e. The number of hydrogen-bond donors (Lipinski definition) is 1. The van der Waals surface area contributed by atoms with Crippen LogP contribution < -0.4 is 5.32 Å². The number of halogens is 1. The molecule has 1 saturated carbocycles. The minimum absolute atomic E-state index is 0.582. The van der Waals surface area contributed by atoms with E-state index >= 15 is 0 Å². The zero-order chi connectivity index (χ0) is 17.8. The third-order valence-electron chi connectivity index (χ3n) is 5.25. The van der Waals surface area contributed by atoms with Gasteiger partial charge in [-0.25, -0.2) is 0 Å². The molecule has 1 aliphatic carbocycles.